The van der Waals surface area contributed by atoms with E-state index in [2.05, 4.69) is 20.4 Å². The molecule has 2 unspecified atom stereocenters. The van der Waals surface area contributed by atoms with Crippen LogP contribution >= 0.6 is 0 Å². The molecule has 5 nitrogen and oxygen atoms in total. The number of carbonyl (C=O) groups is 1. The molecule has 0 bridgehead atoms. The molecule has 1 aliphatic heterocycles. The van der Waals surface area contributed by atoms with Gasteiger partial charge in [0.05, 0.1) is 12.2 Å². The normalized spacial score (nSPS) is 20.8. The van der Waals surface area contributed by atoms with Gasteiger partial charge < -0.3 is 5.32 Å². The molecule has 2 heterocycles. The van der Waals surface area contributed by atoms with Gasteiger partial charge in [0.1, 0.15) is 11.5 Å². The fourth-order valence-electron chi connectivity index (χ4n) is 4.11. The van der Waals surface area contributed by atoms with Crippen molar-refractivity contribution in [2.24, 2.45) is 5.10 Å². The van der Waals surface area contributed by atoms with Crippen molar-refractivity contribution < 1.29 is 13.6 Å². The number of anilines is 1. The SMILES string of the molecule is CC1C(c2c(F)cncc2/C=C/C(=O)Nc2ccc(CC(C)(C)F)cc2)C=NN1C1CC1. The van der Waals surface area contributed by atoms with E-state index in [1.165, 1.54) is 26.1 Å². The summed E-state index contributed by atoms with van der Waals surface area (Å²) in [5.74, 6) is -0.944. The van der Waals surface area contributed by atoms with Gasteiger partial charge in [-0.1, -0.05) is 12.1 Å². The fourth-order valence-corrected chi connectivity index (χ4v) is 4.11. The van der Waals surface area contributed by atoms with Crippen LogP contribution in [0.5, 0.6) is 0 Å². The molecule has 0 spiro atoms. The molecule has 1 N–H and O–H groups in total. The van der Waals surface area contributed by atoms with Gasteiger partial charge in [-0.2, -0.15) is 5.10 Å². The Morgan fingerprint density at radius 1 is 1.25 bits per heavy atom. The summed E-state index contributed by atoms with van der Waals surface area (Å²) in [5, 5.41) is 9.32. The molecule has 1 aromatic carbocycles. The summed E-state index contributed by atoms with van der Waals surface area (Å²) in [7, 11) is 0. The molecule has 1 aromatic heterocycles. The Kier molecular flexibility index (Phi) is 6.09. The number of alkyl halides is 1. The largest absolute Gasteiger partial charge is 0.323 e. The van der Waals surface area contributed by atoms with Crippen LogP contribution in [-0.4, -0.2) is 39.9 Å². The fraction of sp³-hybridized carbons (Fsp3) is 0.400. The zero-order valence-corrected chi connectivity index (χ0v) is 18.6. The number of pyridine rings is 1. The minimum absolute atomic E-state index is 0.0492. The number of carbonyl (C=O) groups excluding carboxylic acids is 1. The zero-order chi connectivity index (χ0) is 22.9. The number of nitrogens with one attached hydrogen (secondary N) is 1. The lowest BCUT2D eigenvalue weighted by Crippen LogP contribution is -2.30. The molecule has 4 rings (SSSR count). The van der Waals surface area contributed by atoms with Crippen LogP contribution in [0.1, 0.15) is 56.2 Å². The molecular weight excluding hydrogens is 410 g/mol. The highest BCUT2D eigenvalue weighted by atomic mass is 19.1. The standard InChI is InChI=1S/C25H28F2N4O/c1-16-21(14-29-31(16)20-9-10-20)24-18(13-28-15-22(24)26)6-11-23(32)30-19-7-4-17(5-8-19)12-25(2,3)27/h4-8,11,13-16,20-21H,9-10,12H2,1-3H3,(H,30,32)/b11-6+. The number of aromatic nitrogens is 1. The summed E-state index contributed by atoms with van der Waals surface area (Å²) in [5.41, 5.74) is 1.23. The second kappa shape index (κ2) is 8.81. The van der Waals surface area contributed by atoms with Gasteiger partial charge in [-0.05, 0) is 62.9 Å². The van der Waals surface area contributed by atoms with Crippen molar-refractivity contribution >= 4 is 23.9 Å². The molecule has 1 aliphatic carbocycles. The number of nitrogens with zero attached hydrogens (tertiary/aromatic N) is 3. The first-order valence-electron chi connectivity index (χ1n) is 10.9. The average molecular weight is 439 g/mol. The highest BCUT2D eigenvalue weighted by Crippen LogP contribution is 2.38. The van der Waals surface area contributed by atoms with E-state index in [0.717, 1.165) is 18.4 Å². The van der Waals surface area contributed by atoms with Crippen LogP contribution in [0.25, 0.3) is 6.08 Å². The molecule has 1 fully saturated rings. The highest BCUT2D eigenvalue weighted by Gasteiger charge is 2.39. The van der Waals surface area contributed by atoms with E-state index >= 15 is 0 Å². The van der Waals surface area contributed by atoms with Gasteiger partial charge in [-0.3, -0.25) is 14.8 Å². The first-order chi connectivity index (χ1) is 15.2. The highest BCUT2D eigenvalue weighted by molar-refractivity contribution is 6.02. The van der Waals surface area contributed by atoms with Crippen LogP contribution in [0.3, 0.4) is 0 Å². The van der Waals surface area contributed by atoms with Crippen molar-refractivity contribution in [3.8, 4) is 0 Å². The quantitative estimate of drug-likeness (QED) is 0.612. The van der Waals surface area contributed by atoms with E-state index in [0.29, 0.717) is 29.3 Å². The predicted molar refractivity (Wildman–Crippen MR) is 123 cm³/mol. The maximum atomic E-state index is 14.7. The molecule has 2 aliphatic rings. The first kappa shape index (κ1) is 22.1. The maximum Gasteiger partial charge on any atom is 0.248 e. The van der Waals surface area contributed by atoms with Crippen LogP contribution in [0.15, 0.2) is 47.8 Å². The van der Waals surface area contributed by atoms with Gasteiger partial charge in [0, 0.05) is 48.1 Å². The van der Waals surface area contributed by atoms with Gasteiger partial charge in [-0.15, -0.1) is 0 Å². The van der Waals surface area contributed by atoms with Crippen LogP contribution in [0.4, 0.5) is 14.5 Å². The van der Waals surface area contributed by atoms with Crippen LogP contribution in [-0.2, 0) is 11.2 Å². The van der Waals surface area contributed by atoms with E-state index in [4.69, 9.17) is 0 Å². The lowest BCUT2D eigenvalue weighted by atomic mass is 9.90. The maximum absolute atomic E-state index is 14.7. The monoisotopic (exact) mass is 438 g/mol. The van der Waals surface area contributed by atoms with Crippen LogP contribution in [0, 0.1) is 5.82 Å². The topological polar surface area (TPSA) is 57.6 Å². The molecule has 7 heteroatoms. The van der Waals surface area contributed by atoms with Crippen molar-refractivity contribution in [2.45, 2.75) is 63.7 Å². The zero-order valence-electron chi connectivity index (χ0n) is 18.6. The lowest BCUT2D eigenvalue weighted by Gasteiger charge is -2.25. The predicted octanol–water partition coefficient (Wildman–Crippen LogP) is 5.10. The Morgan fingerprint density at radius 3 is 2.62 bits per heavy atom. The summed E-state index contributed by atoms with van der Waals surface area (Å²) in [6, 6.07) is 7.57. The smallest absolute Gasteiger partial charge is 0.248 e. The Bertz CT molecular complexity index is 1040. The van der Waals surface area contributed by atoms with Crippen molar-refractivity contribution in [3.05, 3.63) is 65.2 Å². The molecule has 1 amide bonds. The number of hydrogen-bond acceptors (Lipinski definition) is 4. The number of hydrazone groups is 1. The van der Waals surface area contributed by atoms with E-state index in [-0.39, 0.29) is 17.9 Å². The Morgan fingerprint density at radius 2 is 1.97 bits per heavy atom. The number of halogens is 2. The Labute approximate surface area is 187 Å². The van der Waals surface area contributed by atoms with Gasteiger partial charge in [0.15, 0.2) is 0 Å². The molecule has 2 aromatic rings. The van der Waals surface area contributed by atoms with Gasteiger partial charge in [0.25, 0.3) is 0 Å². The van der Waals surface area contributed by atoms with E-state index < -0.39 is 11.5 Å². The molecule has 0 radical (unpaired) electrons. The minimum atomic E-state index is -1.29. The summed E-state index contributed by atoms with van der Waals surface area (Å²) in [4.78, 5) is 16.4. The second-order valence-corrected chi connectivity index (χ2v) is 9.18. The number of rotatable bonds is 7. The molecule has 168 valence electrons. The Hall–Kier alpha value is -3.09. The molecular formula is C25H28F2N4O. The van der Waals surface area contributed by atoms with E-state index in [1.54, 1.807) is 42.8 Å². The summed E-state index contributed by atoms with van der Waals surface area (Å²) < 4.78 is 28.5. The van der Waals surface area contributed by atoms with E-state index in [9.17, 15) is 13.6 Å². The summed E-state index contributed by atoms with van der Waals surface area (Å²) in [6.45, 7) is 5.11. The van der Waals surface area contributed by atoms with Gasteiger partial charge >= 0.3 is 0 Å². The summed E-state index contributed by atoms with van der Waals surface area (Å²) >= 11 is 0. The van der Waals surface area contributed by atoms with Crippen molar-refractivity contribution in [2.75, 3.05) is 5.32 Å². The van der Waals surface area contributed by atoms with Crippen LogP contribution in [0.2, 0.25) is 0 Å². The molecule has 0 saturated heterocycles. The third-order valence-corrected chi connectivity index (χ3v) is 5.78. The molecule has 1 saturated carbocycles. The molecule has 2 atom stereocenters. The minimum Gasteiger partial charge on any atom is -0.323 e. The van der Waals surface area contributed by atoms with E-state index in [1.807, 2.05) is 6.92 Å². The number of amides is 1. The van der Waals surface area contributed by atoms with Crippen molar-refractivity contribution in [3.63, 3.8) is 0 Å². The first-order valence-corrected chi connectivity index (χ1v) is 10.9. The van der Waals surface area contributed by atoms with Gasteiger partial charge in [0.2, 0.25) is 5.91 Å². The second-order valence-electron chi connectivity index (χ2n) is 9.18. The number of hydrogen-bond donors (Lipinski definition) is 1. The number of benzene rings is 1. The third-order valence-electron chi connectivity index (χ3n) is 5.78. The lowest BCUT2D eigenvalue weighted by molar-refractivity contribution is -0.111. The average Bonchev–Trinajstić information content (AvgIpc) is 3.49. The van der Waals surface area contributed by atoms with Gasteiger partial charge in [-0.25, -0.2) is 8.78 Å². The van der Waals surface area contributed by atoms with Crippen LogP contribution < -0.4 is 5.32 Å². The third kappa shape index (κ3) is 5.21. The molecule has 32 heavy (non-hydrogen) atoms. The van der Waals surface area contributed by atoms with Crippen molar-refractivity contribution in [1.82, 2.24) is 9.99 Å². The van der Waals surface area contributed by atoms with Crippen molar-refractivity contribution in [1.29, 1.82) is 0 Å². The summed E-state index contributed by atoms with van der Waals surface area (Å²) in [6.07, 6.45) is 10.1. The Balaban J connectivity index is 1.45.